The highest BCUT2D eigenvalue weighted by molar-refractivity contribution is 5.29. The molecule has 2 rings (SSSR count). The first-order valence-corrected chi connectivity index (χ1v) is 6.83. The molecule has 0 bridgehead atoms. The molecule has 0 radical (unpaired) electrons. The van der Waals surface area contributed by atoms with E-state index in [2.05, 4.69) is 48.5 Å². The van der Waals surface area contributed by atoms with E-state index < -0.39 is 0 Å². The molecule has 1 aliphatic heterocycles. The van der Waals surface area contributed by atoms with Crippen molar-refractivity contribution in [1.29, 1.82) is 0 Å². The zero-order valence-electron chi connectivity index (χ0n) is 11.6. The van der Waals surface area contributed by atoms with Gasteiger partial charge in [0, 0.05) is 25.2 Å². The highest BCUT2D eigenvalue weighted by atomic mass is 16.5. The highest BCUT2D eigenvalue weighted by Crippen LogP contribution is 2.28. The van der Waals surface area contributed by atoms with E-state index in [4.69, 9.17) is 4.74 Å². The first-order valence-electron chi connectivity index (χ1n) is 6.83. The van der Waals surface area contributed by atoms with Gasteiger partial charge in [-0.25, -0.2) is 0 Å². The Labute approximate surface area is 110 Å². The SMILES string of the molecule is CCC(c1ccc(OC)cc1)N1CCC(NC)C1. The van der Waals surface area contributed by atoms with Crippen LogP contribution in [0.2, 0.25) is 0 Å². The van der Waals surface area contributed by atoms with Crippen LogP contribution in [0, 0.1) is 0 Å². The molecule has 3 heteroatoms. The van der Waals surface area contributed by atoms with Crippen molar-refractivity contribution in [2.75, 3.05) is 27.2 Å². The summed E-state index contributed by atoms with van der Waals surface area (Å²) in [5.41, 5.74) is 1.40. The van der Waals surface area contributed by atoms with Gasteiger partial charge in [-0.1, -0.05) is 19.1 Å². The number of benzene rings is 1. The maximum Gasteiger partial charge on any atom is 0.118 e. The molecule has 1 fully saturated rings. The molecule has 18 heavy (non-hydrogen) atoms. The molecule has 2 unspecified atom stereocenters. The minimum Gasteiger partial charge on any atom is -0.497 e. The van der Waals surface area contributed by atoms with Crippen LogP contribution in [-0.2, 0) is 0 Å². The second-order valence-corrected chi connectivity index (χ2v) is 4.97. The molecule has 100 valence electrons. The van der Waals surface area contributed by atoms with Gasteiger partial charge in [0.1, 0.15) is 5.75 Å². The number of hydrogen-bond donors (Lipinski definition) is 1. The molecule has 1 saturated heterocycles. The van der Waals surface area contributed by atoms with Crippen molar-refractivity contribution in [2.45, 2.75) is 31.8 Å². The van der Waals surface area contributed by atoms with Gasteiger partial charge < -0.3 is 10.1 Å². The first kappa shape index (κ1) is 13.4. The van der Waals surface area contributed by atoms with Crippen LogP contribution in [0.3, 0.4) is 0 Å². The smallest absolute Gasteiger partial charge is 0.118 e. The molecular weight excluding hydrogens is 224 g/mol. The maximum atomic E-state index is 5.22. The first-order chi connectivity index (χ1) is 8.78. The van der Waals surface area contributed by atoms with Crippen LogP contribution >= 0.6 is 0 Å². The van der Waals surface area contributed by atoms with Crippen LogP contribution in [0.5, 0.6) is 5.75 Å². The van der Waals surface area contributed by atoms with Crippen molar-refractivity contribution in [3.63, 3.8) is 0 Å². The lowest BCUT2D eigenvalue weighted by Crippen LogP contribution is -2.31. The molecule has 3 nitrogen and oxygen atoms in total. The van der Waals surface area contributed by atoms with Crippen molar-refractivity contribution in [3.8, 4) is 5.75 Å². The van der Waals surface area contributed by atoms with Gasteiger partial charge in [-0.3, -0.25) is 4.90 Å². The van der Waals surface area contributed by atoms with Crippen molar-refractivity contribution in [2.24, 2.45) is 0 Å². The largest absolute Gasteiger partial charge is 0.497 e. The van der Waals surface area contributed by atoms with Gasteiger partial charge in [-0.2, -0.15) is 0 Å². The van der Waals surface area contributed by atoms with Crippen LogP contribution in [0.25, 0.3) is 0 Å². The van der Waals surface area contributed by atoms with Gasteiger partial charge in [0.25, 0.3) is 0 Å². The summed E-state index contributed by atoms with van der Waals surface area (Å²) in [4.78, 5) is 2.59. The lowest BCUT2D eigenvalue weighted by Gasteiger charge is -2.27. The molecule has 0 aromatic heterocycles. The Morgan fingerprint density at radius 3 is 2.61 bits per heavy atom. The van der Waals surface area contributed by atoms with Gasteiger partial charge in [0.05, 0.1) is 7.11 Å². The highest BCUT2D eigenvalue weighted by Gasteiger charge is 2.27. The van der Waals surface area contributed by atoms with Crippen molar-refractivity contribution in [3.05, 3.63) is 29.8 Å². The Morgan fingerprint density at radius 1 is 1.39 bits per heavy atom. The molecule has 0 aliphatic carbocycles. The van der Waals surface area contributed by atoms with Gasteiger partial charge in [-0.05, 0) is 37.6 Å². The lowest BCUT2D eigenvalue weighted by atomic mass is 10.0. The van der Waals surface area contributed by atoms with Gasteiger partial charge >= 0.3 is 0 Å². The monoisotopic (exact) mass is 248 g/mol. The summed E-state index contributed by atoms with van der Waals surface area (Å²) < 4.78 is 5.22. The van der Waals surface area contributed by atoms with E-state index in [0.29, 0.717) is 12.1 Å². The maximum absolute atomic E-state index is 5.22. The standard InChI is InChI=1S/C15H24N2O/c1-4-15(17-10-9-13(11-17)16-2)12-5-7-14(18-3)8-6-12/h5-8,13,15-16H,4,9-11H2,1-3H3. The molecule has 1 aromatic rings. The van der Waals surface area contributed by atoms with E-state index in [0.717, 1.165) is 18.7 Å². The third kappa shape index (κ3) is 2.85. The zero-order chi connectivity index (χ0) is 13.0. The van der Waals surface area contributed by atoms with E-state index in [1.165, 1.54) is 18.5 Å². The van der Waals surface area contributed by atoms with Crippen LogP contribution in [0.1, 0.15) is 31.4 Å². The zero-order valence-corrected chi connectivity index (χ0v) is 11.6. The third-order valence-corrected chi connectivity index (χ3v) is 3.96. The minimum absolute atomic E-state index is 0.536. The normalized spacial score (nSPS) is 22.1. The summed E-state index contributed by atoms with van der Waals surface area (Å²) in [5.74, 6) is 0.933. The second kappa shape index (κ2) is 6.21. The number of nitrogens with one attached hydrogen (secondary N) is 1. The summed E-state index contributed by atoms with van der Waals surface area (Å²) in [7, 11) is 3.77. The summed E-state index contributed by atoms with van der Waals surface area (Å²) in [6.07, 6.45) is 2.41. The Bertz CT molecular complexity index is 363. The molecule has 0 spiro atoms. The number of ether oxygens (including phenoxy) is 1. The van der Waals surface area contributed by atoms with Crippen molar-refractivity contribution < 1.29 is 4.74 Å². The number of likely N-dealkylation sites (N-methyl/N-ethyl adjacent to an activating group) is 1. The van der Waals surface area contributed by atoms with Crippen molar-refractivity contribution in [1.82, 2.24) is 10.2 Å². The summed E-state index contributed by atoms with van der Waals surface area (Å²) in [6, 6.07) is 9.69. The van der Waals surface area contributed by atoms with Crippen LogP contribution < -0.4 is 10.1 Å². The lowest BCUT2D eigenvalue weighted by molar-refractivity contribution is 0.234. The fraction of sp³-hybridized carbons (Fsp3) is 0.600. The predicted molar refractivity (Wildman–Crippen MR) is 75.1 cm³/mol. The summed E-state index contributed by atoms with van der Waals surface area (Å²) >= 11 is 0. The van der Waals surface area contributed by atoms with E-state index in [-0.39, 0.29) is 0 Å². The van der Waals surface area contributed by atoms with Crippen LogP contribution in [0.4, 0.5) is 0 Å². The third-order valence-electron chi connectivity index (χ3n) is 3.96. The number of rotatable bonds is 5. The molecule has 1 N–H and O–H groups in total. The summed E-state index contributed by atoms with van der Waals surface area (Å²) in [6.45, 7) is 4.61. The fourth-order valence-corrected chi connectivity index (χ4v) is 2.84. The van der Waals surface area contributed by atoms with Crippen LogP contribution in [0.15, 0.2) is 24.3 Å². The van der Waals surface area contributed by atoms with E-state index in [1.54, 1.807) is 7.11 Å². The molecule has 0 amide bonds. The Hall–Kier alpha value is -1.06. The molecular formula is C15H24N2O. The Balaban J connectivity index is 2.08. The van der Waals surface area contributed by atoms with E-state index >= 15 is 0 Å². The Kier molecular flexibility index (Phi) is 4.61. The molecule has 0 saturated carbocycles. The predicted octanol–water partition coefficient (Wildman–Crippen LogP) is 2.44. The summed E-state index contributed by atoms with van der Waals surface area (Å²) in [5, 5.41) is 3.38. The number of hydrogen-bond acceptors (Lipinski definition) is 3. The van der Waals surface area contributed by atoms with E-state index in [1.807, 2.05) is 0 Å². The number of methoxy groups -OCH3 is 1. The van der Waals surface area contributed by atoms with Gasteiger partial charge in [-0.15, -0.1) is 0 Å². The molecule has 1 aliphatic rings. The molecule has 1 heterocycles. The number of nitrogens with zero attached hydrogens (tertiary/aromatic N) is 1. The fourth-order valence-electron chi connectivity index (χ4n) is 2.84. The quantitative estimate of drug-likeness (QED) is 0.866. The molecule has 1 aromatic carbocycles. The average Bonchev–Trinajstić information content (AvgIpc) is 2.89. The minimum atomic E-state index is 0.536. The average molecular weight is 248 g/mol. The van der Waals surface area contributed by atoms with E-state index in [9.17, 15) is 0 Å². The van der Waals surface area contributed by atoms with Crippen molar-refractivity contribution >= 4 is 0 Å². The number of likely N-dealkylation sites (tertiary alicyclic amines) is 1. The van der Waals surface area contributed by atoms with Gasteiger partial charge in [0.15, 0.2) is 0 Å². The second-order valence-electron chi connectivity index (χ2n) is 4.97. The molecule has 2 atom stereocenters. The van der Waals surface area contributed by atoms with Crippen LogP contribution in [-0.4, -0.2) is 38.2 Å². The van der Waals surface area contributed by atoms with Gasteiger partial charge in [0.2, 0.25) is 0 Å². The topological polar surface area (TPSA) is 24.5 Å². The Morgan fingerprint density at radius 2 is 2.11 bits per heavy atom.